The lowest BCUT2D eigenvalue weighted by molar-refractivity contribution is 0.202. The fraction of sp³-hybridized carbons (Fsp3) is 0.333. The highest BCUT2D eigenvalue weighted by Crippen LogP contribution is 2.37. The SMILES string of the molecule is Cc1cc(NC2CCCN(C(=O)O)c3ccc(Br)cc32)sn1. The normalized spacial score (nSPS) is 17.7. The van der Waals surface area contributed by atoms with Gasteiger partial charge in [0.2, 0.25) is 0 Å². The van der Waals surface area contributed by atoms with Crippen LogP contribution in [0.2, 0.25) is 0 Å². The molecule has 5 nitrogen and oxygen atoms in total. The highest BCUT2D eigenvalue weighted by molar-refractivity contribution is 9.10. The number of carbonyl (C=O) groups is 1. The fourth-order valence-corrected chi connectivity index (χ4v) is 3.82. The second kappa shape index (κ2) is 6.26. The van der Waals surface area contributed by atoms with Crippen molar-refractivity contribution in [3.05, 3.63) is 40.0 Å². The van der Waals surface area contributed by atoms with Crippen molar-refractivity contribution in [3.63, 3.8) is 0 Å². The molecule has 3 rings (SSSR count). The molecule has 2 N–H and O–H groups in total. The summed E-state index contributed by atoms with van der Waals surface area (Å²) >= 11 is 4.92. The Labute approximate surface area is 141 Å². The molecule has 0 saturated carbocycles. The average Bonchev–Trinajstić information content (AvgIpc) is 2.78. The molecular weight excluding hydrogens is 366 g/mol. The highest BCUT2D eigenvalue weighted by atomic mass is 79.9. The van der Waals surface area contributed by atoms with E-state index in [0.717, 1.165) is 39.3 Å². The summed E-state index contributed by atoms with van der Waals surface area (Å²) in [5.41, 5.74) is 2.75. The Bertz CT molecular complexity index is 704. The standard InChI is InChI=1S/C15H16BrN3O2S/c1-9-7-14(22-18-9)17-12-3-2-6-19(15(20)21)13-5-4-10(16)8-11(12)13/h4-5,7-8,12,17H,2-3,6H2,1H3,(H,20,21). The number of hydrogen-bond donors (Lipinski definition) is 2. The molecule has 0 saturated heterocycles. The van der Waals surface area contributed by atoms with Crippen LogP contribution < -0.4 is 10.2 Å². The Balaban J connectivity index is 1.98. The number of anilines is 2. The van der Waals surface area contributed by atoms with E-state index in [2.05, 4.69) is 25.6 Å². The smallest absolute Gasteiger partial charge is 0.411 e. The molecule has 116 valence electrons. The quantitative estimate of drug-likeness (QED) is 0.794. The zero-order chi connectivity index (χ0) is 15.7. The maximum absolute atomic E-state index is 11.5. The average molecular weight is 382 g/mol. The van der Waals surface area contributed by atoms with Crippen molar-refractivity contribution in [2.24, 2.45) is 0 Å². The van der Waals surface area contributed by atoms with Gasteiger partial charge in [0.1, 0.15) is 5.00 Å². The first-order chi connectivity index (χ1) is 10.5. The van der Waals surface area contributed by atoms with Gasteiger partial charge in [-0.1, -0.05) is 15.9 Å². The van der Waals surface area contributed by atoms with Gasteiger partial charge in [0.05, 0.1) is 17.4 Å². The van der Waals surface area contributed by atoms with Gasteiger partial charge in [-0.05, 0) is 61.1 Å². The van der Waals surface area contributed by atoms with Crippen LogP contribution in [0.25, 0.3) is 0 Å². The fourth-order valence-electron chi connectivity index (χ4n) is 2.73. The van der Waals surface area contributed by atoms with E-state index in [1.54, 1.807) is 0 Å². The first kappa shape index (κ1) is 15.3. The molecule has 1 aliphatic heterocycles. The number of halogens is 1. The van der Waals surface area contributed by atoms with Crippen LogP contribution >= 0.6 is 27.5 Å². The van der Waals surface area contributed by atoms with Crippen molar-refractivity contribution in [3.8, 4) is 0 Å². The van der Waals surface area contributed by atoms with Gasteiger partial charge < -0.3 is 10.4 Å². The Morgan fingerprint density at radius 2 is 2.32 bits per heavy atom. The summed E-state index contributed by atoms with van der Waals surface area (Å²) in [5.74, 6) is 0. The second-order valence-corrected chi connectivity index (χ2v) is 7.03. The molecule has 22 heavy (non-hydrogen) atoms. The van der Waals surface area contributed by atoms with Crippen LogP contribution in [0.3, 0.4) is 0 Å². The third-order valence-electron chi connectivity index (χ3n) is 3.71. The van der Waals surface area contributed by atoms with E-state index in [0.29, 0.717) is 6.54 Å². The van der Waals surface area contributed by atoms with Gasteiger partial charge in [-0.3, -0.25) is 4.90 Å². The van der Waals surface area contributed by atoms with Gasteiger partial charge in [0.25, 0.3) is 0 Å². The molecule has 0 aliphatic carbocycles. The third-order valence-corrected chi connectivity index (χ3v) is 5.01. The van der Waals surface area contributed by atoms with Crippen LogP contribution in [0.4, 0.5) is 15.5 Å². The maximum Gasteiger partial charge on any atom is 0.411 e. The van der Waals surface area contributed by atoms with Crippen LogP contribution in [0.15, 0.2) is 28.7 Å². The molecule has 1 atom stereocenters. The number of benzene rings is 1. The van der Waals surface area contributed by atoms with Crippen molar-refractivity contribution >= 4 is 44.2 Å². The lowest BCUT2D eigenvalue weighted by Gasteiger charge is -2.22. The van der Waals surface area contributed by atoms with Crippen LogP contribution in [0, 0.1) is 6.92 Å². The van der Waals surface area contributed by atoms with Crippen LogP contribution in [0.1, 0.15) is 30.1 Å². The first-order valence-electron chi connectivity index (χ1n) is 7.04. The molecule has 0 spiro atoms. The van der Waals surface area contributed by atoms with Crippen molar-refractivity contribution < 1.29 is 9.90 Å². The summed E-state index contributed by atoms with van der Waals surface area (Å²) in [7, 11) is 0. The lowest BCUT2D eigenvalue weighted by atomic mass is 10.0. The molecular formula is C15H16BrN3O2S. The molecule has 1 aromatic heterocycles. The molecule has 7 heteroatoms. The van der Waals surface area contributed by atoms with Gasteiger partial charge in [0.15, 0.2) is 0 Å². The monoisotopic (exact) mass is 381 g/mol. The lowest BCUT2D eigenvalue weighted by Crippen LogP contribution is -2.29. The predicted molar refractivity (Wildman–Crippen MR) is 92.0 cm³/mol. The summed E-state index contributed by atoms with van der Waals surface area (Å²) < 4.78 is 5.24. The van der Waals surface area contributed by atoms with E-state index in [4.69, 9.17) is 0 Å². The van der Waals surface area contributed by atoms with Gasteiger partial charge in [-0.15, -0.1) is 0 Å². The number of hydrogen-bond acceptors (Lipinski definition) is 4. The van der Waals surface area contributed by atoms with Crippen molar-refractivity contribution in [2.75, 3.05) is 16.8 Å². The van der Waals surface area contributed by atoms with Gasteiger partial charge in [-0.2, -0.15) is 4.37 Å². The van der Waals surface area contributed by atoms with Crippen LogP contribution in [-0.4, -0.2) is 22.1 Å². The topological polar surface area (TPSA) is 65.5 Å². The number of fused-ring (bicyclic) bond motifs is 1. The summed E-state index contributed by atoms with van der Waals surface area (Å²) in [4.78, 5) is 12.9. The first-order valence-corrected chi connectivity index (χ1v) is 8.61. The zero-order valence-corrected chi connectivity index (χ0v) is 14.4. The molecule has 0 radical (unpaired) electrons. The van der Waals surface area contributed by atoms with Crippen molar-refractivity contribution in [2.45, 2.75) is 25.8 Å². The van der Waals surface area contributed by atoms with E-state index < -0.39 is 6.09 Å². The Morgan fingerprint density at radius 1 is 1.50 bits per heavy atom. The molecule has 2 aromatic rings. The number of aryl methyl sites for hydroxylation is 1. The van der Waals surface area contributed by atoms with E-state index >= 15 is 0 Å². The maximum atomic E-state index is 11.5. The summed E-state index contributed by atoms with van der Waals surface area (Å²) in [6.07, 6.45) is 0.788. The summed E-state index contributed by atoms with van der Waals surface area (Å²) in [6.45, 7) is 2.48. The van der Waals surface area contributed by atoms with Crippen molar-refractivity contribution in [1.29, 1.82) is 0 Å². The largest absolute Gasteiger partial charge is 0.465 e. The summed E-state index contributed by atoms with van der Waals surface area (Å²) in [6, 6.07) is 7.85. The number of nitrogens with zero attached hydrogens (tertiary/aromatic N) is 2. The van der Waals surface area contributed by atoms with E-state index in [9.17, 15) is 9.90 Å². The van der Waals surface area contributed by atoms with E-state index in [-0.39, 0.29) is 6.04 Å². The number of amides is 1. The molecule has 0 bridgehead atoms. The molecule has 1 unspecified atom stereocenters. The number of rotatable bonds is 2. The Hall–Kier alpha value is -1.60. The minimum atomic E-state index is -0.905. The minimum absolute atomic E-state index is 0.0803. The van der Waals surface area contributed by atoms with E-state index in [1.165, 1.54) is 16.4 Å². The minimum Gasteiger partial charge on any atom is -0.465 e. The third kappa shape index (κ3) is 3.10. The Kier molecular flexibility index (Phi) is 4.35. The highest BCUT2D eigenvalue weighted by Gasteiger charge is 2.26. The van der Waals surface area contributed by atoms with Crippen LogP contribution in [0.5, 0.6) is 0 Å². The van der Waals surface area contributed by atoms with Gasteiger partial charge in [0, 0.05) is 11.0 Å². The molecule has 1 aromatic carbocycles. The predicted octanol–water partition coefficient (Wildman–Crippen LogP) is 4.65. The van der Waals surface area contributed by atoms with Gasteiger partial charge >= 0.3 is 6.09 Å². The van der Waals surface area contributed by atoms with Crippen molar-refractivity contribution in [1.82, 2.24) is 4.37 Å². The molecule has 1 aliphatic rings. The molecule has 1 amide bonds. The molecule has 2 heterocycles. The Morgan fingerprint density at radius 3 is 3.00 bits per heavy atom. The second-order valence-electron chi connectivity index (χ2n) is 5.31. The number of aromatic nitrogens is 1. The zero-order valence-electron chi connectivity index (χ0n) is 12.0. The van der Waals surface area contributed by atoms with Gasteiger partial charge in [-0.25, -0.2) is 4.79 Å². The molecule has 0 fully saturated rings. The summed E-state index contributed by atoms with van der Waals surface area (Å²) in [5, 5.41) is 14.0. The number of nitrogens with one attached hydrogen (secondary N) is 1. The van der Waals surface area contributed by atoms with Crippen LogP contribution in [-0.2, 0) is 0 Å². The van der Waals surface area contributed by atoms with E-state index in [1.807, 2.05) is 31.2 Å². The number of carboxylic acid groups (broad SMARTS) is 1.